The number of amides is 4. The summed E-state index contributed by atoms with van der Waals surface area (Å²) in [7, 11) is 1.78. The molecule has 0 spiro atoms. The van der Waals surface area contributed by atoms with E-state index in [1.807, 2.05) is 0 Å². The number of urea groups is 1. The van der Waals surface area contributed by atoms with E-state index in [1.165, 1.54) is 23.2 Å². The van der Waals surface area contributed by atoms with Crippen LogP contribution in [0.2, 0.25) is 0 Å². The Morgan fingerprint density at radius 1 is 1.07 bits per heavy atom. The summed E-state index contributed by atoms with van der Waals surface area (Å²) in [4.78, 5) is 47.9. The number of rotatable bonds is 9. The van der Waals surface area contributed by atoms with Crippen LogP contribution in [0, 0.1) is 11.2 Å². The molecule has 220 valence electrons. The lowest BCUT2D eigenvalue weighted by Crippen LogP contribution is -2.46. The number of nitrogens with one attached hydrogen (secondary N) is 1. The van der Waals surface area contributed by atoms with Gasteiger partial charge in [-0.25, -0.2) is 14.2 Å². The summed E-state index contributed by atoms with van der Waals surface area (Å²) in [6.45, 7) is 5.06. The molecule has 1 aromatic heterocycles. The second-order valence-electron chi connectivity index (χ2n) is 10.7. The number of halogens is 1. The Morgan fingerprint density at radius 2 is 1.76 bits per heavy atom. The molecule has 1 aliphatic heterocycles. The highest BCUT2D eigenvalue weighted by Gasteiger charge is 2.57. The van der Waals surface area contributed by atoms with Gasteiger partial charge in [0.15, 0.2) is 5.82 Å². The Morgan fingerprint density at radius 3 is 2.38 bits per heavy atom. The number of aromatic nitrogens is 1. The van der Waals surface area contributed by atoms with Gasteiger partial charge >= 0.3 is 6.03 Å². The second kappa shape index (κ2) is 12.2. The molecule has 4 amide bonds. The topological polar surface area (TPSA) is 121 Å². The molecule has 11 heteroatoms. The van der Waals surface area contributed by atoms with E-state index in [2.05, 4.69) is 22.1 Å². The van der Waals surface area contributed by atoms with E-state index in [0.29, 0.717) is 30.1 Å². The molecule has 0 atom stereocenters. The first-order valence-electron chi connectivity index (χ1n) is 14.1. The summed E-state index contributed by atoms with van der Waals surface area (Å²) in [6.07, 6.45) is 3.95. The van der Waals surface area contributed by atoms with Crippen LogP contribution in [-0.4, -0.2) is 65.4 Å². The van der Waals surface area contributed by atoms with E-state index in [-0.39, 0.29) is 23.5 Å². The Bertz CT molecular complexity index is 1460. The van der Waals surface area contributed by atoms with Crippen molar-refractivity contribution in [1.29, 1.82) is 0 Å². The molecule has 0 bridgehead atoms. The van der Waals surface area contributed by atoms with Gasteiger partial charge in [-0.2, -0.15) is 0 Å². The Balaban J connectivity index is 1.30. The maximum Gasteiger partial charge on any atom is 0.323 e. The summed E-state index contributed by atoms with van der Waals surface area (Å²) in [5.74, 6) is -1.19. The minimum Gasteiger partial charge on any atom is -0.457 e. The normalized spacial score (nSPS) is 16.4. The minimum absolute atomic E-state index is 0.0263. The predicted molar refractivity (Wildman–Crippen MR) is 157 cm³/mol. The first-order valence-corrected chi connectivity index (χ1v) is 14.1. The SMILES string of the molecule is CCN1CCC(N(C)C(=O)Nc2cc(Oc3ccc(N(C(=O)C4(C(N)=O)CC4)c4ccccc4)c(F)c3)ccn2)CC1. The van der Waals surface area contributed by atoms with Gasteiger partial charge in [-0.05, 0) is 62.6 Å². The van der Waals surface area contributed by atoms with E-state index >= 15 is 4.39 Å². The average Bonchev–Trinajstić information content (AvgIpc) is 3.81. The third-order valence-corrected chi connectivity index (χ3v) is 8.08. The number of hydrogen-bond donors (Lipinski definition) is 2. The zero-order valence-electron chi connectivity index (χ0n) is 23.8. The summed E-state index contributed by atoms with van der Waals surface area (Å²) >= 11 is 0. The van der Waals surface area contributed by atoms with Gasteiger partial charge in [-0.1, -0.05) is 25.1 Å². The van der Waals surface area contributed by atoms with Crippen molar-refractivity contribution in [3.63, 3.8) is 0 Å². The fourth-order valence-corrected chi connectivity index (χ4v) is 5.25. The highest BCUT2D eigenvalue weighted by molar-refractivity contribution is 6.16. The quantitative estimate of drug-likeness (QED) is 0.351. The number of carbonyl (C=O) groups is 3. The number of nitrogens with zero attached hydrogens (tertiary/aromatic N) is 4. The van der Waals surface area contributed by atoms with Crippen molar-refractivity contribution in [2.45, 2.75) is 38.6 Å². The molecule has 2 aromatic carbocycles. The molecule has 1 saturated heterocycles. The number of benzene rings is 2. The molecule has 3 aromatic rings. The van der Waals surface area contributed by atoms with Crippen LogP contribution in [-0.2, 0) is 9.59 Å². The van der Waals surface area contributed by atoms with Crippen LogP contribution in [0.5, 0.6) is 11.5 Å². The van der Waals surface area contributed by atoms with Gasteiger partial charge in [0, 0.05) is 50.2 Å². The highest BCUT2D eigenvalue weighted by Crippen LogP contribution is 2.49. The van der Waals surface area contributed by atoms with Crippen LogP contribution in [0.3, 0.4) is 0 Å². The molecule has 0 unspecified atom stereocenters. The van der Waals surface area contributed by atoms with Crippen molar-refractivity contribution in [3.05, 3.63) is 72.7 Å². The molecular weight excluding hydrogens is 539 g/mol. The smallest absolute Gasteiger partial charge is 0.323 e. The van der Waals surface area contributed by atoms with Crippen molar-refractivity contribution in [1.82, 2.24) is 14.8 Å². The number of nitrogens with two attached hydrogens (primary N) is 1. The first kappa shape index (κ1) is 29.0. The Hall–Kier alpha value is -4.51. The maximum absolute atomic E-state index is 15.6. The number of carbonyl (C=O) groups excluding carboxylic acids is 3. The third-order valence-electron chi connectivity index (χ3n) is 8.08. The molecular formula is C31H35FN6O4. The van der Waals surface area contributed by atoms with Gasteiger partial charge in [-0.15, -0.1) is 0 Å². The van der Waals surface area contributed by atoms with Crippen LogP contribution in [0.15, 0.2) is 66.9 Å². The second-order valence-corrected chi connectivity index (χ2v) is 10.7. The van der Waals surface area contributed by atoms with Gasteiger partial charge in [-0.3, -0.25) is 19.8 Å². The summed E-state index contributed by atoms with van der Waals surface area (Å²) < 4.78 is 21.4. The molecule has 2 aliphatic rings. The Labute approximate surface area is 244 Å². The van der Waals surface area contributed by atoms with E-state index in [9.17, 15) is 14.4 Å². The van der Waals surface area contributed by atoms with E-state index in [4.69, 9.17) is 10.5 Å². The number of ether oxygens (including phenoxy) is 1. The number of hydrogen-bond acceptors (Lipinski definition) is 6. The fraction of sp³-hybridized carbons (Fsp3) is 0.355. The fourth-order valence-electron chi connectivity index (χ4n) is 5.25. The van der Waals surface area contributed by atoms with Crippen molar-refractivity contribution in [3.8, 4) is 11.5 Å². The van der Waals surface area contributed by atoms with Crippen LogP contribution < -0.4 is 20.7 Å². The summed E-state index contributed by atoms with van der Waals surface area (Å²) in [5, 5.41) is 2.81. The Kier molecular flexibility index (Phi) is 8.39. The highest BCUT2D eigenvalue weighted by atomic mass is 19.1. The molecule has 10 nitrogen and oxygen atoms in total. The molecule has 1 saturated carbocycles. The number of para-hydroxylation sites is 1. The number of anilines is 3. The lowest BCUT2D eigenvalue weighted by Gasteiger charge is -2.36. The lowest BCUT2D eigenvalue weighted by molar-refractivity contribution is -0.133. The number of piperidine rings is 1. The van der Waals surface area contributed by atoms with Crippen molar-refractivity contribution in [2.75, 3.05) is 36.9 Å². The summed E-state index contributed by atoms with van der Waals surface area (Å²) in [6, 6.07) is 15.7. The molecule has 2 fully saturated rings. The number of likely N-dealkylation sites (tertiary alicyclic amines) is 1. The third kappa shape index (κ3) is 6.06. The van der Waals surface area contributed by atoms with E-state index in [0.717, 1.165) is 38.5 Å². The predicted octanol–water partition coefficient (Wildman–Crippen LogP) is 4.89. The average molecular weight is 575 g/mol. The maximum atomic E-state index is 15.6. The van der Waals surface area contributed by atoms with Gasteiger partial charge in [0.1, 0.15) is 22.7 Å². The molecule has 1 aliphatic carbocycles. The minimum atomic E-state index is -1.34. The first-order chi connectivity index (χ1) is 20.2. The van der Waals surface area contributed by atoms with E-state index < -0.39 is 23.0 Å². The van der Waals surface area contributed by atoms with Gasteiger partial charge < -0.3 is 20.3 Å². The van der Waals surface area contributed by atoms with Crippen molar-refractivity contribution in [2.24, 2.45) is 11.1 Å². The van der Waals surface area contributed by atoms with Gasteiger partial charge in [0.2, 0.25) is 11.8 Å². The lowest BCUT2D eigenvalue weighted by atomic mass is 10.0. The largest absolute Gasteiger partial charge is 0.457 e. The number of pyridine rings is 1. The van der Waals surface area contributed by atoms with Crippen molar-refractivity contribution < 1.29 is 23.5 Å². The van der Waals surface area contributed by atoms with Crippen LogP contribution >= 0.6 is 0 Å². The molecule has 0 radical (unpaired) electrons. The zero-order valence-corrected chi connectivity index (χ0v) is 23.8. The molecule has 5 rings (SSSR count). The standard InChI is InChI=1S/C31H35FN6O4/c1-3-37-17-12-21(13-18-37)36(2)30(41)35-27-20-24(11-16-34-27)42-23-9-10-26(25(32)19-23)38(22-7-5-4-6-8-22)29(40)31(14-15-31)28(33)39/h4-11,16,19-21H,3,12-15,17-18H2,1-2H3,(H2,33,39)(H,34,35,41). The van der Waals surface area contributed by atoms with Gasteiger partial charge in [0.05, 0.1) is 5.69 Å². The molecule has 2 heterocycles. The summed E-state index contributed by atoms with van der Waals surface area (Å²) in [5.41, 5.74) is 4.60. The van der Waals surface area contributed by atoms with Crippen molar-refractivity contribution >= 4 is 35.0 Å². The van der Waals surface area contributed by atoms with Crippen LogP contribution in [0.4, 0.5) is 26.4 Å². The van der Waals surface area contributed by atoms with Crippen LogP contribution in [0.25, 0.3) is 0 Å². The molecule has 3 N–H and O–H groups in total. The monoisotopic (exact) mass is 574 g/mol. The molecule has 42 heavy (non-hydrogen) atoms. The van der Waals surface area contributed by atoms with Gasteiger partial charge in [0.25, 0.3) is 0 Å². The zero-order chi connectivity index (χ0) is 29.9. The van der Waals surface area contributed by atoms with E-state index in [1.54, 1.807) is 54.4 Å². The van der Waals surface area contributed by atoms with Crippen LogP contribution in [0.1, 0.15) is 32.6 Å². The number of primary amides is 1.